The SMILES string of the molecule is OCC1O[C@H](SCc2ccccc2Cl)C(O)C(n2cc(-c3cc(F)c(F)c(F)c3)nn2)[C@H]1O. The standard InChI is InChI=1S/C21H19ClF3N3O4S/c22-12-4-2-1-3-10(12)9-33-21-20(31)18(19(30)16(8-29)32-21)28-7-15(26-27-28)11-5-13(23)17(25)14(24)6-11/h1-7,16,18-21,29-31H,8-9H2/t16?,18?,19-,20?,21+/m0/s1. The van der Waals surface area contributed by atoms with Gasteiger partial charge in [-0.1, -0.05) is 35.0 Å². The monoisotopic (exact) mass is 501 g/mol. The molecule has 12 heteroatoms. The summed E-state index contributed by atoms with van der Waals surface area (Å²) < 4.78 is 47.3. The highest BCUT2D eigenvalue weighted by molar-refractivity contribution is 7.99. The van der Waals surface area contributed by atoms with E-state index in [4.69, 9.17) is 16.3 Å². The first kappa shape index (κ1) is 24.0. The van der Waals surface area contributed by atoms with Crippen LogP contribution in [-0.2, 0) is 10.5 Å². The fraction of sp³-hybridized carbons (Fsp3) is 0.333. The van der Waals surface area contributed by atoms with Gasteiger partial charge in [0.1, 0.15) is 35.5 Å². The summed E-state index contributed by atoms with van der Waals surface area (Å²) in [6.45, 7) is -0.524. The van der Waals surface area contributed by atoms with E-state index in [2.05, 4.69) is 10.3 Å². The van der Waals surface area contributed by atoms with Gasteiger partial charge in [0.05, 0.1) is 12.8 Å². The number of thioether (sulfide) groups is 1. The van der Waals surface area contributed by atoms with Crippen molar-refractivity contribution in [3.63, 3.8) is 0 Å². The van der Waals surface area contributed by atoms with Crippen molar-refractivity contribution in [3.8, 4) is 11.3 Å². The first-order valence-corrected chi connectivity index (χ1v) is 11.3. The molecule has 3 unspecified atom stereocenters. The molecule has 0 saturated carbocycles. The van der Waals surface area contributed by atoms with Gasteiger partial charge in [0.2, 0.25) is 0 Å². The van der Waals surface area contributed by atoms with Crippen molar-refractivity contribution in [3.05, 3.63) is 70.6 Å². The van der Waals surface area contributed by atoms with Gasteiger partial charge in [-0.15, -0.1) is 16.9 Å². The van der Waals surface area contributed by atoms with Crippen LogP contribution in [0.2, 0.25) is 5.02 Å². The zero-order valence-electron chi connectivity index (χ0n) is 16.9. The Labute approximate surface area is 195 Å². The number of ether oxygens (including phenoxy) is 1. The summed E-state index contributed by atoms with van der Waals surface area (Å²) in [4.78, 5) is 0. The topological polar surface area (TPSA) is 101 Å². The van der Waals surface area contributed by atoms with Gasteiger partial charge in [0.25, 0.3) is 0 Å². The van der Waals surface area contributed by atoms with Gasteiger partial charge in [0.15, 0.2) is 17.5 Å². The molecule has 0 amide bonds. The highest BCUT2D eigenvalue weighted by Gasteiger charge is 2.46. The molecule has 1 fully saturated rings. The Morgan fingerprint density at radius 3 is 2.45 bits per heavy atom. The van der Waals surface area contributed by atoms with Crippen molar-refractivity contribution < 1.29 is 33.2 Å². The molecule has 3 N–H and O–H groups in total. The molecular formula is C21H19ClF3N3O4S. The number of hydrogen-bond donors (Lipinski definition) is 3. The number of aromatic nitrogens is 3. The fourth-order valence-electron chi connectivity index (χ4n) is 3.56. The molecule has 5 atom stereocenters. The minimum atomic E-state index is -1.61. The summed E-state index contributed by atoms with van der Waals surface area (Å²) in [5, 5.41) is 39.5. The van der Waals surface area contributed by atoms with Crippen molar-refractivity contribution in [1.29, 1.82) is 0 Å². The van der Waals surface area contributed by atoms with Crippen molar-refractivity contribution >= 4 is 23.4 Å². The molecule has 1 saturated heterocycles. The summed E-state index contributed by atoms with van der Waals surface area (Å²) in [5.74, 6) is -3.99. The maximum atomic E-state index is 13.6. The predicted molar refractivity (Wildman–Crippen MR) is 115 cm³/mol. The minimum absolute atomic E-state index is 0.000453. The van der Waals surface area contributed by atoms with Crippen molar-refractivity contribution in [2.24, 2.45) is 0 Å². The molecule has 0 bridgehead atoms. The molecule has 2 aromatic carbocycles. The highest BCUT2D eigenvalue weighted by atomic mass is 35.5. The number of aliphatic hydroxyl groups excluding tert-OH is 3. The fourth-order valence-corrected chi connectivity index (χ4v) is 5.02. The average molecular weight is 502 g/mol. The number of benzene rings is 2. The Hall–Kier alpha value is -2.15. The third-order valence-corrected chi connectivity index (χ3v) is 6.87. The Balaban J connectivity index is 1.58. The third kappa shape index (κ3) is 4.88. The molecule has 7 nitrogen and oxygen atoms in total. The number of hydrogen-bond acceptors (Lipinski definition) is 7. The van der Waals surface area contributed by atoms with Crippen molar-refractivity contribution in [2.75, 3.05) is 6.61 Å². The first-order valence-electron chi connectivity index (χ1n) is 9.84. The maximum Gasteiger partial charge on any atom is 0.194 e. The molecule has 1 aliphatic rings. The van der Waals surface area contributed by atoms with Crippen LogP contribution in [0.15, 0.2) is 42.6 Å². The summed E-state index contributed by atoms with van der Waals surface area (Å²) in [6.07, 6.45) is -2.42. The van der Waals surface area contributed by atoms with Crippen LogP contribution >= 0.6 is 23.4 Å². The van der Waals surface area contributed by atoms with Crippen LogP contribution in [0.4, 0.5) is 13.2 Å². The van der Waals surface area contributed by atoms with E-state index in [0.29, 0.717) is 10.8 Å². The van der Waals surface area contributed by atoms with Gasteiger partial charge >= 0.3 is 0 Å². The van der Waals surface area contributed by atoms with E-state index in [-0.39, 0.29) is 11.3 Å². The summed E-state index contributed by atoms with van der Waals surface area (Å²) in [6, 6.07) is 7.61. The van der Waals surface area contributed by atoms with Crippen LogP contribution in [0.1, 0.15) is 11.6 Å². The molecule has 4 rings (SSSR count). The Bertz CT molecular complexity index is 1110. The van der Waals surface area contributed by atoms with Gasteiger partial charge in [0, 0.05) is 16.3 Å². The summed E-state index contributed by atoms with van der Waals surface area (Å²) >= 11 is 7.40. The lowest BCUT2D eigenvalue weighted by Crippen LogP contribution is -2.55. The van der Waals surface area contributed by atoms with E-state index in [0.717, 1.165) is 22.4 Å². The number of rotatable bonds is 6. The molecule has 3 aromatic rings. The second kappa shape index (κ2) is 10.00. The first-order chi connectivity index (χ1) is 15.8. The zero-order valence-corrected chi connectivity index (χ0v) is 18.4. The Morgan fingerprint density at radius 1 is 1.09 bits per heavy atom. The number of aliphatic hydroxyl groups is 3. The Kier molecular flexibility index (Phi) is 7.27. The molecule has 33 heavy (non-hydrogen) atoms. The van der Waals surface area contributed by atoms with Crippen LogP contribution in [0.25, 0.3) is 11.3 Å². The number of nitrogens with zero attached hydrogens (tertiary/aromatic N) is 3. The van der Waals surface area contributed by atoms with Crippen LogP contribution in [0, 0.1) is 17.5 Å². The van der Waals surface area contributed by atoms with E-state index in [1.165, 1.54) is 18.0 Å². The predicted octanol–water partition coefficient (Wildman–Crippen LogP) is 2.93. The second-order valence-corrected chi connectivity index (χ2v) is 8.93. The van der Waals surface area contributed by atoms with E-state index in [1.54, 1.807) is 12.1 Å². The maximum absolute atomic E-state index is 13.6. The molecule has 0 aliphatic carbocycles. The molecule has 0 radical (unpaired) electrons. The number of halogens is 4. The van der Waals surface area contributed by atoms with E-state index >= 15 is 0 Å². The quantitative estimate of drug-likeness (QED) is 0.446. The lowest BCUT2D eigenvalue weighted by atomic mass is 9.97. The lowest BCUT2D eigenvalue weighted by molar-refractivity contribution is -0.178. The van der Waals surface area contributed by atoms with Gasteiger partial charge in [-0.25, -0.2) is 17.9 Å². The molecule has 176 valence electrons. The molecule has 0 spiro atoms. The highest BCUT2D eigenvalue weighted by Crippen LogP contribution is 2.37. The van der Waals surface area contributed by atoms with Crippen LogP contribution < -0.4 is 0 Å². The van der Waals surface area contributed by atoms with Crippen LogP contribution in [0.5, 0.6) is 0 Å². The van der Waals surface area contributed by atoms with E-state index in [1.807, 2.05) is 12.1 Å². The van der Waals surface area contributed by atoms with Crippen LogP contribution in [0.3, 0.4) is 0 Å². The molecule has 1 aliphatic heterocycles. The largest absolute Gasteiger partial charge is 0.394 e. The van der Waals surface area contributed by atoms with Gasteiger partial charge in [-0.3, -0.25) is 0 Å². The molecular weight excluding hydrogens is 483 g/mol. The normalized spacial score (nSPS) is 25.4. The van der Waals surface area contributed by atoms with E-state index in [9.17, 15) is 28.5 Å². The Morgan fingerprint density at radius 2 is 1.79 bits per heavy atom. The summed E-state index contributed by atoms with van der Waals surface area (Å²) in [7, 11) is 0. The zero-order chi connectivity index (χ0) is 23.7. The second-order valence-electron chi connectivity index (χ2n) is 7.44. The minimum Gasteiger partial charge on any atom is -0.394 e. The van der Waals surface area contributed by atoms with Gasteiger partial charge in [-0.2, -0.15) is 0 Å². The summed E-state index contributed by atoms with van der Waals surface area (Å²) in [5.41, 5.74) is -0.122. The average Bonchev–Trinajstić information content (AvgIpc) is 3.27. The smallest absolute Gasteiger partial charge is 0.194 e. The van der Waals surface area contributed by atoms with Gasteiger partial charge in [-0.05, 0) is 23.8 Å². The van der Waals surface area contributed by atoms with Crippen molar-refractivity contribution in [1.82, 2.24) is 15.0 Å². The molecule has 2 heterocycles. The third-order valence-electron chi connectivity index (χ3n) is 5.30. The van der Waals surface area contributed by atoms with Crippen molar-refractivity contribution in [2.45, 2.75) is 35.5 Å². The molecule has 1 aromatic heterocycles. The van der Waals surface area contributed by atoms with Crippen LogP contribution in [-0.4, -0.2) is 60.7 Å². The lowest BCUT2D eigenvalue weighted by Gasteiger charge is -2.41. The van der Waals surface area contributed by atoms with Gasteiger partial charge < -0.3 is 20.1 Å². The van der Waals surface area contributed by atoms with E-state index < -0.39 is 53.8 Å².